The number of nitrogens with one attached hydrogen (secondary N) is 4. The summed E-state index contributed by atoms with van der Waals surface area (Å²) in [5.74, 6) is 0.345. The molecule has 3 amide bonds. The molecule has 1 saturated carbocycles. The third-order valence-corrected chi connectivity index (χ3v) is 10.2. The molecule has 0 radical (unpaired) electrons. The number of likely N-dealkylation sites (tertiary alicyclic amines) is 1. The number of amides is 3. The molecule has 1 aliphatic heterocycles. The van der Waals surface area contributed by atoms with Gasteiger partial charge in [-0.2, -0.15) is 5.21 Å². The van der Waals surface area contributed by atoms with Gasteiger partial charge < -0.3 is 26.6 Å². The second-order valence-electron chi connectivity index (χ2n) is 13.8. The number of aromatic nitrogens is 4. The van der Waals surface area contributed by atoms with Crippen LogP contribution in [0.15, 0.2) is 66.7 Å². The number of piperidine rings is 1. The predicted molar refractivity (Wildman–Crippen MR) is 193 cm³/mol. The molecule has 2 fully saturated rings. The summed E-state index contributed by atoms with van der Waals surface area (Å²) < 4.78 is 0. The molecule has 50 heavy (non-hydrogen) atoms. The molecular formula is C38H47N9O3. The van der Waals surface area contributed by atoms with Gasteiger partial charge in [-0.05, 0) is 142 Å². The fourth-order valence-electron chi connectivity index (χ4n) is 6.98. The molecule has 1 unspecified atom stereocenters. The number of tetrazole rings is 1. The van der Waals surface area contributed by atoms with Gasteiger partial charge in [-0.1, -0.05) is 30.3 Å². The third kappa shape index (κ3) is 8.80. The van der Waals surface area contributed by atoms with Gasteiger partial charge in [0, 0.05) is 35.2 Å². The van der Waals surface area contributed by atoms with Crippen LogP contribution in [0.2, 0.25) is 0 Å². The van der Waals surface area contributed by atoms with E-state index in [0.29, 0.717) is 36.0 Å². The molecule has 1 aliphatic carbocycles. The van der Waals surface area contributed by atoms with Crippen LogP contribution in [0.5, 0.6) is 0 Å². The van der Waals surface area contributed by atoms with Gasteiger partial charge in [-0.25, -0.2) is 0 Å². The molecule has 12 heteroatoms. The number of carbonyl (C=O) groups is 3. The number of rotatable bonds is 11. The zero-order chi connectivity index (χ0) is 35.0. The molecule has 12 nitrogen and oxygen atoms in total. The minimum absolute atomic E-state index is 0.0359. The lowest BCUT2D eigenvalue weighted by molar-refractivity contribution is -0.130. The van der Waals surface area contributed by atoms with E-state index in [1.54, 1.807) is 24.3 Å². The van der Waals surface area contributed by atoms with Crippen LogP contribution in [-0.2, 0) is 16.0 Å². The van der Waals surface area contributed by atoms with Crippen molar-refractivity contribution < 1.29 is 14.4 Å². The van der Waals surface area contributed by atoms with Crippen molar-refractivity contribution >= 4 is 23.4 Å². The number of carbonyl (C=O) groups excluding carboxylic acids is 3. The van der Waals surface area contributed by atoms with Crippen LogP contribution < -0.4 is 21.7 Å². The molecule has 2 aliphatic rings. The van der Waals surface area contributed by atoms with Crippen LogP contribution >= 0.6 is 0 Å². The first-order valence-corrected chi connectivity index (χ1v) is 17.6. The van der Waals surface area contributed by atoms with Gasteiger partial charge >= 0.3 is 0 Å². The van der Waals surface area contributed by atoms with Crippen molar-refractivity contribution in [2.24, 2.45) is 17.6 Å². The van der Waals surface area contributed by atoms with Crippen molar-refractivity contribution in [2.45, 2.75) is 64.0 Å². The summed E-state index contributed by atoms with van der Waals surface area (Å²) in [6.07, 6.45) is 5.63. The van der Waals surface area contributed by atoms with Crippen LogP contribution in [0.4, 0.5) is 5.69 Å². The van der Waals surface area contributed by atoms with Crippen LogP contribution in [0.25, 0.3) is 22.5 Å². The molecule has 1 saturated heterocycles. The highest BCUT2D eigenvalue weighted by molar-refractivity contribution is 5.98. The van der Waals surface area contributed by atoms with Crippen LogP contribution in [0.3, 0.4) is 0 Å². The first kappa shape index (κ1) is 34.9. The molecule has 262 valence electrons. The van der Waals surface area contributed by atoms with Gasteiger partial charge in [0.2, 0.25) is 17.6 Å². The standard InChI is InChI=1S/C38H47N9O3/c1-24-21-30(37(49)40-32-17-19-47(2)20-18-32)13-16-33(24)27-7-3-25(4-8-27)22-34(42-36(48)29-9-5-26(23-39)6-10-29)38(50)41-31-14-11-28(12-15-31)35-43-45-46-44-35/h3-4,7-8,11-16,21,26,29,32,34H,5-6,9-10,17-20,22-23,39H2,1-2H3,(H,40,49)(H,41,50)(H,42,48)(H,43,44,45,46). The Balaban J connectivity index is 1.13. The smallest absolute Gasteiger partial charge is 0.251 e. The molecule has 3 aromatic carbocycles. The van der Waals surface area contributed by atoms with Gasteiger partial charge in [0.25, 0.3) is 5.91 Å². The maximum atomic E-state index is 13.7. The van der Waals surface area contributed by atoms with Gasteiger partial charge in [-0.3, -0.25) is 14.4 Å². The molecule has 4 aromatic rings. The number of benzene rings is 3. The SMILES string of the molecule is Cc1cc(C(=O)NC2CCN(C)CC2)ccc1-c1ccc(CC(NC(=O)C2CCC(CN)CC2)C(=O)Nc2ccc(-c3nn[nH]n3)cc2)cc1. The van der Waals surface area contributed by atoms with Crippen LogP contribution in [-0.4, -0.2) is 82.0 Å². The van der Waals surface area contributed by atoms with E-state index in [4.69, 9.17) is 5.73 Å². The monoisotopic (exact) mass is 677 g/mol. The van der Waals surface area contributed by atoms with E-state index in [9.17, 15) is 14.4 Å². The number of aryl methyl sites for hydroxylation is 1. The van der Waals surface area contributed by atoms with Crippen molar-refractivity contribution in [3.63, 3.8) is 0 Å². The summed E-state index contributed by atoms with van der Waals surface area (Å²) in [5.41, 5.74) is 11.9. The predicted octanol–water partition coefficient (Wildman–Crippen LogP) is 4.10. The average Bonchev–Trinajstić information content (AvgIpc) is 3.68. The van der Waals surface area contributed by atoms with Gasteiger partial charge in [0.1, 0.15) is 6.04 Å². The third-order valence-electron chi connectivity index (χ3n) is 10.2. The lowest BCUT2D eigenvalue weighted by atomic mass is 9.81. The summed E-state index contributed by atoms with van der Waals surface area (Å²) in [7, 11) is 2.11. The Hall–Kier alpha value is -4.94. The van der Waals surface area contributed by atoms with Crippen molar-refractivity contribution in [3.8, 4) is 22.5 Å². The molecule has 1 aromatic heterocycles. The average molecular weight is 678 g/mol. The molecule has 1 atom stereocenters. The van der Waals surface area contributed by atoms with E-state index >= 15 is 0 Å². The summed E-state index contributed by atoms with van der Waals surface area (Å²) in [6, 6.07) is 20.4. The quantitative estimate of drug-likeness (QED) is 0.158. The Labute approximate surface area is 293 Å². The zero-order valence-corrected chi connectivity index (χ0v) is 28.8. The first-order valence-electron chi connectivity index (χ1n) is 17.6. The Bertz CT molecular complexity index is 1740. The Morgan fingerprint density at radius 3 is 2.26 bits per heavy atom. The van der Waals surface area contributed by atoms with E-state index in [0.717, 1.165) is 79.4 Å². The molecule has 2 heterocycles. The number of hydrogen-bond donors (Lipinski definition) is 5. The largest absolute Gasteiger partial charge is 0.349 e. The number of aromatic amines is 1. The fourth-order valence-corrected chi connectivity index (χ4v) is 6.98. The summed E-state index contributed by atoms with van der Waals surface area (Å²) in [6.45, 7) is 4.63. The minimum Gasteiger partial charge on any atom is -0.349 e. The summed E-state index contributed by atoms with van der Waals surface area (Å²) in [4.78, 5) is 42.4. The molecule has 6 rings (SSSR count). The van der Waals surface area contributed by atoms with E-state index in [2.05, 4.69) is 48.5 Å². The zero-order valence-electron chi connectivity index (χ0n) is 28.8. The maximum Gasteiger partial charge on any atom is 0.251 e. The lowest BCUT2D eigenvalue weighted by Gasteiger charge is -2.29. The summed E-state index contributed by atoms with van der Waals surface area (Å²) in [5, 5.41) is 23.3. The second-order valence-corrected chi connectivity index (χ2v) is 13.8. The maximum absolute atomic E-state index is 13.7. The van der Waals surface area contributed by atoms with Crippen molar-refractivity contribution in [1.82, 2.24) is 36.2 Å². The molecular weight excluding hydrogens is 630 g/mol. The van der Waals surface area contributed by atoms with Crippen molar-refractivity contribution in [2.75, 3.05) is 32.0 Å². The van der Waals surface area contributed by atoms with Crippen LogP contribution in [0.1, 0.15) is 60.0 Å². The van der Waals surface area contributed by atoms with Gasteiger partial charge in [0.15, 0.2) is 0 Å². The van der Waals surface area contributed by atoms with E-state index in [-0.39, 0.29) is 29.7 Å². The van der Waals surface area contributed by atoms with Gasteiger partial charge in [-0.15, -0.1) is 10.2 Å². The second kappa shape index (κ2) is 16.2. The Morgan fingerprint density at radius 2 is 1.62 bits per heavy atom. The Kier molecular flexibility index (Phi) is 11.3. The number of nitrogens with two attached hydrogens (primary N) is 1. The van der Waals surface area contributed by atoms with Crippen molar-refractivity contribution in [1.29, 1.82) is 0 Å². The number of nitrogens with zero attached hydrogens (tertiary/aromatic N) is 4. The fraction of sp³-hybridized carbons (Fsp3) is 0.421. The van der Waals surface area contributed by atoms with E-state index in [1.807, 2.05) is 49.4 Å². The van der Waals surface area contributed by atoms with Crippen LogP contribution in [0, 0.1) is 18.8 Å². The normalized spacial score (nSPS) is 19.0. The van der Waals surface area contributed by atoms with E-state index < -0.39 is 6.04 Å². The van der Waals surface area contributed by atoms with Crippen molar-refractivity contribution in [3.05, 3.63) is 83.4 Å². The first-order chi connectivity index (χ1) is 24.2. The number of anilines is 1. The van der Waals surface area contributed by atoms with E-state index in [1.165, 1.54) is 0 Å². The molecule has 6 N–H and O–H groups in total. The molecule has 0 spiro atoms. The molecule has 0 bridgehead atoms. The minimum atomic E-state index is -0.776. The van der Waals surface area contributed by atoms with Gasteiger partial charge in [0.05, 0.1) is 0 Å². The lowest BCUT2D eigenvalue weighted by Crippen LogP contribution is -2.48. The number of hydrogen-bond acceptors (Lipinski definition) is 8. The summed E-state index contributed by atoms with van der Waals surface area (Å²) >= 11 is 0. The highest BCUT2D eigenvalue weighted by Gasteiger charge is 2.29. The topological polar surface area (TPSA) is 171 Å². The number of H-pyrrole nitrogens is 1. The Morgan fingerprint density at radius 1 is 0.920 bits per heavy atom. The highest BCUT2D eigenvalue weighted by atomic mass is 16.2. The highest BCUT2D eigenvalue weighted by Crippen LogP contribution is 2.29.